The van der Waals surface area contributed by atoms with E-state index in [4.69, 9.17) is 9.47 Å². The predicted octanol–water partition coefficient (Wildman–Crippen LogP) is 3.18. The molecule has 0 radical (unpaired) electrons. The van der Waals surface area contributed by atoms with Crippen LogP contribution in [0.3, 0.4) is 0 Å². The number of aromatic nitrogens is 4. The summed E-state index contributed by atoms with van der Waals surface area (Å²) in [5.41, 5.74) is 1.08. The molecule has 2 aromatic heterocycles. The van der Waals surface area contributed by atoms with Gasteiger partial charge >= 0.3 is 0 Å². The van der Waals surface area contributed by atoms with E-state index in [9.17, 15) is 8.78 Å². The van der Waals surface area contributed by atoms with E-state index < -0.39 is 17.4 Å². The number of ether oxygens (including phenoxy) is 2. The smallest absolute Gasteiger partial charge is 0.246 e. The van der Waals surface area contributed by atoms with E-state index >= 15 is 0 Å². The van der Waals surface area contributed by atoms with Crippen LogP contribution in [-0.2, 0) is 0 Å². The summed E-state index contributed by atoms with van der Waals surface area (Å²) >= 11 is 0. The van der Waals surface area contributed by atoms with Crippen molar-refractivity contribution in [1.29, 1.82) is 0 Å². The molecular formula is C20H20F2N6O2. The molecule has 156 valence electrons. The van der Waals surface area contributed by atoms with Gasteiger partial charge in [-0.05, 0) is 19.4 Å². The van der Waals surface area contributed by atoms with Gasteiger partial charge in [0, 0.05) is 37.1 Å². The first kappa shape index (κ1) is 19.9. The second kappa shape index (κ2) is 8.95. The van der Waals surface area contributed by atoms with Gasteiger partial charge in [-0.25, -0.2) is 23.7 Å². The Morgan fingerprint density at radius 3 is 2.60 bits per heavy atom. The number of benzene rings is 1. The highest BCUT2D eigenvalue weighted by atomic mass is 19.1. The molecule has 0 bridgehead atoms. The molecule has 10 heteroatoms. The third-order valence-corrected chi connectivity index (χ3v) is 4.66. The highest BCUT2D eigenvalue weighted by molar-refractivity contribution is 5.59. The Kier molecular flexibility index (Phi) is 5.94. The van der Waals surface area contributed by atoms with Gasteiger partial charge in [-0.3, -0.25) is 0 Å². The highest BCUT2D eigenvalue weighted by Crippen LogP contribution is 2.33. The first-order valence-corrected chi connectivity index (χ1v) is 9.44. The van der Waals surface area contributed by atoms with E-state index in [1.807, 2.05) is 0 Å². The number of nitrogens with one attached hydrogen (secondary N) is 2. The number of methoxy groups -OCH3 is 1. The largest absolute Gasteiger partial charge is 0.491 e. The molecule has 0 spiro atoms. The van der Waals surface area contributed by atoms with Crippen molar-refractivity contribution in [2.45, 2.75) is 18.9 Å². The molecule has 8 nitrogen and oxygen atoms in total. The SMILES string of the molecule is COc1c(F)cc(Oc2nc(-c3cncnc3)ncc2NC[C@@H]2CCCN2)cc1F. The fourth-order valence-electron chi connectivity index (χ4n) is 3.19. The van der Waals surface area contributed by atoms with Crippen molar-refractivity contribution in [2.75, 3.05) is 25.5 Å². The van der Waals surface area contributed by atoms with Crippen LogP contribution in [0.4, 0.5) is 14.5 Å². The Morgan fingerprint density at radius 1 is 1.17 bits per heavy atom. The second-order valence-electron chi connectivity index (χ2n) is 6.74. The van der Waals surface area contributed by atoms with E-state index in [0.29, 0.717) is 29.7 Å². The van der Waals surface area contributed by atoms with Crippen molar-refractivity contribution in [1.82, 2.24) is 25.3 Å². The van der Waals surface area contributed by atoms with Crippen LogP contribution in [0.15, 0.2) is 37.1 Å². The topological polar surface area (TPSA) is 94.1 Å². The molecule has 1 atom stereocenters. The van der Waals surface area contributed by atoms with E-state index in [1.165, 1.54) is 13.4 Å². The van der Waals surface area contributed by atoms with Crippen molar-refractivity contribution in [3.8, 4) is 28.8 Å². The van der Waals surface area contributed by atoms with Gasteiger partial charge in [0.2, 0.25) is 5.88 Å². The van der Waals surface area contributed by atoms with Crippen molar-refractivity contribution in [3.63, 3.8) is 0 Å². The lowest BCUT2D eigenvalue weighted by atomic mass is 10.2. The molecule has 1 fully saturated rings. The minimum absolute atomic E-state index is 0.0539. The van der Waals surface area contributed by atoms with Gasteiger partial charge in [0.25, 0.3) is 0 Å². The number of hydrogen-bond donors (Lipinski definition) is 2. The Bertz CT molecular complexity index is 992. The third-order valence-electron chi connectivity index (χ3n) is 4.66. The van der Waals surface area contributed by atoms with Crippen LogP contribution in [0.5, 0.6) is 17.4 Å². The first-order valence-electron chi connectivity index (χ1n) is 9.44. The van der Waals surface area contributed by atoms with Crippen molar-refractivity contribution in [3.05, 3.63) is 48.7 Å². The summed E-state index contributed by atoms with van der Waals surface area (Å²) in [7, 11) is 1.19. The van der Waals surface area contributed by atoms with Crippen LogP contribution in [0.1, 0.15) is 12.8 Å². The maximum Gasteiger partial charge on any atom is 0.246 e. The van der Waals surface area contributed by atoms with Crippen molar-refractivity contribution < 1.29 is 18.3 Å². The molecule has 0 aliphatic carbocycles. The van der Waals surface area contributed by atoms with E-state index in [0.717, 1.165) is 31.5 Å². The lowest BCUT2D eigenvalue weighted by Gasteiger charge is -2.16. The fourth-order valence-corrected chi connectivity index (χ4v) is 3.19. The first-order chi connectivity index (χ1) is 14.6. The monoisotopic (exact) mass is 414 g/mol. The van der Waals surface area contributed by atoms with Crippen LogP contribution in [0.25, 0.3) is 11.4 Å². The highest BCUT2D eigenvalue weighted by Gasteiger charge is 2.18. The standard InChI is InChI=1S/C20H20F2N6O2/c1-29-18-15(21)5-14(6-16(18)22)30-20-17(26-9-13-3-2-4-25-13)10-27-19(28-20)12-7-23-11-24-8-12/h5-8,10-11,13,25-26H,2-4,9H2,1H3/t13-/m0/s1. The van der Waals surface area contributed by atoms with Gasteiger partial charge in [-0.1, -0.05) is 0 Å². The molecule has 1 aliphatic rings. The van der Waals surface area contributed by atoms with Gasteiger partial charge in [0.05, 0.1) is 18.9 Å². The average molecular weight is 414 g/mol. The van der Waals surface area contributed by atoms with Crippen molar-refractivity contribution in [2.24, 2.45) is 0 Å². The van der Waals surface area contributed by atoms with E-state index in [-0.39, 0.29) is 11.6 Å². The Hall–Kier alpha value is -3.40. The Morgan fingerprint density at radius 2 is 1.93 bits per heavy atom. The predicted molar refractivity (Wildman–Crippen MR) is 106 cm³/mol. The lowest BCUT2D eigenvalue weighted by molar-refractivity contribution is 0.355. The zero-order chi connectivity index (χ0) is 20.9. The molecule has 0 amide bonds. The van der Waals surface area contributed by atoms with Gasteiger partial charge < -0.3 is 20.1 Å². The molecule has 3 aromatic rings. The molecule has 0 unspecified atom stereocenters. The van der Waals surface area contributed by atoms with Gasteiger partial charge in [0.15, 0.2) is 23.2 Å². The maximum atomic E-state index is 14.1. The summed E-state index contributed by atoms with van der Waals surface area (Å²) < 4.78 is 38.6. The van der Waals surface area contributed by atoms with Gasteiger partial charge in [0.1, 0.15) is 17.8 Å². The van der Waals surface area contributed by atoms with Crippen LogP contribution in [-0.4, -0.2) is 46.2 Å². The van der Waals surface area contributed by atoms with Crippen LogP contribution in [0, 0.1) is 11.6 Å². The number of hydrogen-bond acceptors (Lipinski definition) is 8. The number of rotatable bonds is 7. The zero-order valence-corrected chi connectivity index (χ0v) is 16.2. The van der Waals surface area contributed by atoms with Crippen LogP contribution >= 0.6 is 0 Å². The Balaban J connectivity index is 1.65. The summed E-state index contributed by atoms with van der Waals surface area (Å²) in [5.74, 6) is -1.82. The van der Waals surface area contributed by atoms with Crippen LogP contribution < -0.4 is 20.1 Å². The molecular weight excluding hydrogens is 394 g/mol. The summed E-state index contributed by atoms with van der Waals surface area (Å²) in [4.78, 5) is 16.7. The maximum absolute atomic E-state index is 14.1. The summed E-state index contributed by atoms with van der Waals surface area (Å²) in [6.45, 7) is 1.61. The molecule has 30 heavy (non-hydrogen) atoms. The number of halogens is 2. The normalized spacial score (nSPS) is 15.8. The van der Waals surface area contributed by atoms with E-state index in [2.05, 4.69) is 30.6 Å². The summed E-state index contributed by atoms with van der Waals surface area (Å²) in [5, 5.41) is 6.64. The fraction of sp³-hybridized carbons (Fsp3) is 0.300. The Labute approximate surface area is 171 Å². The van der Waals surface area contributed by atoms with Crippen LogP contribution in [0.2, 0.25) is 0 Å². The number of nitrogens with zero attached hydrogens (tertiary/aromatic N) is 4. The third kappa shape index (κ3) is 4.43. The molecule has 1 aromatic carbocycles. The summed E-state index contributed by atoms with van der Waals surface area (Å²) in [6, 6.07) is 2.39. The lowest BCUT2D eigenvalue weighted by Crippen LogP contribution is -2.29. The molecule has 4 rings (SSSR count). The summed E-state index contributed by atoms with van der Waals surface area (Å²) in [6.07, 6.45) is 8.26. The second-order valence-corrected chi connectivity index (χ2v) is 6.74. The molecule has 1 aliphatic heterocycles. The molecule has 0 saturated carbocycles. The molecule has 1 saturated heterocycles. The zero-order valence-electron chi connectivity index (χ0n) is 16.2. The number of anilines is 1. The minimum Gasteiger partial charge on any atom is -0.491 e. The van der Waals surface area contributed by atoms with Crippen molar-refractivity contribution >= 4 is 5.69 Å². The van der Waals surface area contributed by atoms with Gasteiger partial charge in [-0.2, -0.15) is 4.98 Å². The average Bonchev–Trinajstić information content (AvgIpc) is 3.27. The van der Waals surface area contributed by atoms with E-state index in [1.54, 1.807) is 18.6 Å². The molecule has 3 heterocycles. The molecule has 2 N–H and O–H groups in total. The minimum atomic E-state index is -0.872. The van der Waals surface area contributed by atoms with Gasteiger partial charge in [-0.15, -0.1) is 0 Å². The quantitative estimate of drug-likeness (QED) is 0.609.